The molecule has 3 aromatic rings. The van der Waals surface area contributed by atoms with E-state index in [0.717, 1.165) is 16.8 Å². The average molecular weight is 355 g/mol. The Bertz CT molecular complexity index is 1000. The summed E-state index contributed by atoms with van der Waals surface area (Å²) in [7, 11) is 0. The van der Waals surface area contributed by atoms with Crippen LogP contribution in [0.1, 0.15) is 37.4 Å². The van der Waals surface area contributed by atoms with Crippen LogP contribution in [0.2, 0.25) is 0 Å². The summed E-state index contributed by atoms with van der Waals surface area (Å²) < 4.78 is 7.85. The van der Waals surface area contributed by atoms with Gasteiger partial charge in [-0.05, 0) is 50.5 Å². The van der Waals surface area contributed by atoms with Gasteiger partial charge in [-0.2, -0.15) is 4.68 Å². The second kappa shape index (κ2) is 7.07. The van der Waals surface area contributed by atoms with Gasteiger partial charge in [-0.1, -0.05) is 18.2 Å². The number of esters is 1. The normalized spacial score (nSPS) is 12.3. The van der Waals surface area contributed by atoms with E-state index in [2.05, 4.69) is 15.3 Å². The fourth-order valence-corrected chi connectivity index (χ4v) is 3.01. The highest BCUT2D eigenvalue weighted by atomic mass is 16.5. The summed E-state index contributed by atoms with van der Waals surface area (Å²) >= 11 is 0. The maximum absolute atomic E-state index is 12.8. The van der Waals surface area contributed by atoms with Gasteiger partial charge in [0.25, 0.3) is 5.56 Å². The van der Waals surface area contributed by atoms with Crippen molar-refractivity contribution >= 4 is 17.1 Å². The maximum atomic E-state index is 12.8. The van der Waals surface area contributed by atoms with E-state index in [9.17, 15) is 9.59 Å². The number of rotatable bonds is 5. The third kappa shape index (κ3) is 3.10. The van der Waals surface area contributed by atoms with Crippen LogP contribution < -0.4 is 5.56 Å². The Kier molecular flexibility index (Phi) is 4.83. The molecule has 0 aliphatic carbocycles. The number of benzene rings is 1. The van der Waals surface area contributed by atoms with E-state index < -0.39 is 17.6 Å². The van der Waals surface area contributed by atoms with E-state index in [4.69, 9.17) is 4.74 Å². The summed E-state index contributed by atoms with van der Waals surface area (Å²) in [4.78, 5) is 29.3. The van der Waals surface area contributed by atoms with Crippen LogP contribution >= 0.6 is 0 Å². The number of aryl methyl sites for hydroxylation is 2. The number of hydrogen-bond acceptors (Lipinski definition) is 6. The van der Waals surface area contributed by atoms with Crippen LogP contribution in [0.5, 0.6) is 0 Å². The molecule has 0 spiro atoms. The molecule has 0 aliphatic heterocycles. The lowest BCUT2D eigenvalue weighted by molar-refractivity contribution is -0.147. The molecule has 8 nitrogen and oxygen atoms in total. The van der Waals surface area contributed by atoms with Gasteiger partial charge in [0.1, 0.15) is 12.4 Å². The molecule has 2 aromatic heterocycles. The molecular formula is C18H21N5O3. The summed E-state index contributed by atoms with van der Waals surface area (Å²) in [5.41, 5.74) is 3.00. The number of fused-ring (bicyclic) bond motifs is 1. The van der Waals surface area contributed by atoms with E-state index in [-0.39, 0.29) is 12.1 Å². The molecule has 0 aliphatic rings. The molecule has 0 N–H and O–H groups in total. The number of carbonyl (C=O) groups excluding carboxylic acids is 1. The predicted molar refractivity (Wildman–Crippen MR) is 96.4 cm³/mol. The lowest BCUT2D eigenvalue weighted by atomic mass is 10.1. The first-order chi connectivity index (χ1) is 12.5. The lowest BCUT2D eigenvalue weighted by Crippen LogP contribution is -2.31. The molecule has 0 amide bonds. The molecule has 136 valence electrons. The van der Waals surface area contributed by atoms with Gasteiger partial charge < -0.3 is 4.74 Å². The van der Waals surface area contributed by atoms with Crippen LogP contribution in [0.3, 0.4) is 0 Å². The minimum absolute atomic E-state index is 0.120. The molecule has 26 heavy (non-hydrogen) atoms. The van der Waals surface area contributed by atoms with Crippen LogP contribution in [0, 0.1) is 13.8 Å². The third-order valence-corrected chi connectivity index (χ3v) is 4.12. The minimum atomic E-state index is -0.731. The van der Waals surface area contributed by atoms with Crippen molar-refractivity contribution in [2.24, 2.45) is 0 Å². The SMILES string of the molecule is CCOC(=O)[C@H](CC)n1cnc2c(nnn2-c2cc(C)cc(C)c2)c1=O. The Labute approximate surface area is 150 Å². The smallest absolute Gasteiger partial charge is 0.329 e. The van der Waals surface area contributed by atoms with Crippen molar-refractivity contribution in [3.05, 3.63) is 46.0 Å². The largest absolute Gasteiger partial charge is 0.464 e. The van der Waals surface area contributed by atoms with Gasteiger partial charge in [0.2, 0.25) is 0 Å². The average Bonchev–Trinajstić information content (AvgIpc) is 3.02. The summed E-state index contributed by atoms with van der Waals surface area (Å²) in [6, 6.07) is 5.21. The van der Waals surface area contributed by atoms with Crippen LogP contribution in [-0.2, 0) is 9.53 Å². The summed E-state index contributed by atoms with van der Waals surface area (Å²) in [5, 5.41) is 8.09. The van der Waals surface area contributed by atoms with Gasteiger partial charge >= 0.3 is 5.97 Å². The first-order valence-corrected chi connectivity index (χ1v) is 8.54. The molecule has 8 heteroatoms. The Morgan fingerprint density at radius 1 is 1.19 bits per heavy atom. The topological polar surface area (TPSA) is 91.9 Å². The third-order valence-electron chi connectivity index (χ3n) is 4.12. The molecule has 0 unspecified atom stereocenters. The monoisotopic (exact) mass is 355 g/mol. The van der Waals surface area contributed by atoms with Crippen LogP contribution in [0.15, 0.2) is 29.3 Å². The zero-order valence-electron chi connectivity index (χ0n) is 15.3. The molecule has 0 saturated heterocycles. The first kappa shape index (κ1) is 17.8. The zero-order valence-corrected chi connectivity index (χ0v) is 15.3. The highest BCUT2D eigenvalue weighted by Gasteiger charge is 2.23. The highest BCUT2D eigenvalue weighted by molar-refractivity contribution is 5.75. The van der Waals surface area contributed by atoms with E-state index >= 15 is 0 Å². The van der Waals surface area contributed by atoms with Gasteiger partial charge in [-0.25, -0.2) is 9.78 Å². The number of aromatic nitrogens is 5. The second-order valence-corrected chi connectivity index (χ2v) is 6.15. The second-order valence-electron chi connectivity index (χ2n) is 6.15. The molecule has 0 saturated carbocycles. The van der Waals surface area contributed by atoms with Gasteiger partial charge in [0.05, 0.1) is 12.3 Å². The number of nitrogens with zero attached hydrogens (tertiary/aromatic N) is 5. The fraction of sp³-hybridized carbons (Fsp3) is 0.389. The van der Waals surface area contributed by atoms with Gasteiger partial charge in [-0.15, -0.1) is 5.10 Å². The summed E-state index contributed by atoms with van der Waals surface area (Å²) in [6.45, 7) is 7.76. The van der Waals surface area contributed by atoms with Crippen LogP contribution in [0.4, 0.5) is 0 Å². The molecule has 1 atom stereocenters. The highest BCUT2D eigenvalue weighted by Crippen LogP contribution is 2.17. The number of ether oxygens (including phenoxy) is 1. The van der Waals surface area contributed by atoms with Crippen LogP contribution in [0.25, 0.3) is 16.9 Å². The van der Waals surface area contributed by atoms with E-state index in [1.807, 2.05) is 39.0 Å². The van der Waals surface area contributed by atoms with Crippen molar-refractivity contribution in [1.29, 1.82) is 0 Å². The van der Waals surface area contributed by atoms with E-state index in [0.29, 0.717) is 12.1 Å². The van der Waals surface area contributed by atoms with Crippen molar-refractivity contribution in [3.8, 4) is 5.69 Å². The molecule has 2 heterocycles. The van der Waals surface area contributed by atoms with Crippen molar-refractivity contribution in [2.45, 2.75) is 40.2 Å². The summed E-state index contributed by atoms with van der Waals surface area (Å²) in [5.74, 6) is -0.458. The van der Waals surface area contributed by atoms with Crippen molar-refractivity contribution in [1.82, 2.24) is 24.5 Å². The molecule has 0 radical (unpaired) electrons. The van der Waals surface area contributed by atoms with Crippen molar-refractivity contribution in [3.63, 3.8) is 0 Å². The molecular weight excluding hydrogens is 334 g/mol. The quantitative estimate of drug-likeness (QED) is 0.651. The number of carbonyl (C=O) groups is 1. The molecule has 0 fully saturated rings. The Morgan fingerprint density at radius 3 is 2.50 bits per heavy atom. The molecule has 0 bridgehead atoms. The Hall–Kier alpha value is -3.03. The first-order valence-electron chi connectivity index (χ1n) is 8.54. The minimum Gasteiger partial charge on any atom is -0.464 e. The fourth-order valence-electron chi connectivity index (χ4n) is 3.01. The van der Waals surface area contributed by atoms with Gasteiger partial charge in [0, 0.05) is 0 Å². The number of hydrogen-bond donors (Lipinski definition) is 0. The Balaban J connectivity index is 2.12. The summed E-state index contributed by atoms with van der Waals surface area (Å²) in [6.07, 6.45) is 1.77. The van der Waals surface area contributed by atoms with Gasteiger partial charge in [-0.3, -0.25) is 9.36 Å². The molecule has 3 rings (SSSR count). The van der Waals surface area contributed by atoms with E-state index in [1.165, 1.54) is 15.6 Å². The standard InChI is InChI=1S/C18H21N5O3/c1-5-14(18(25)26-6-2)22-10-19-16-15(17(22)24)20-21-23(16)13-8-11(3)7-12(4)9-13/h7-10,14H,5-6H2,1-4H3/t14-/m0/s1. The maximum Gasteiger partial charge on any atom is 0.329 e. The Morgan fingerprint density at radius 2 is 1.88 bits per heavy atom. The molecule has 1 aromatic carbocycles. The predicted octanol–water partition coefficient (Wildman–Crippen LogP) is 2.11. The zero-order chi connectivity index (χ0) is 18.8. The van der Waals surface area contributed by atoms with E-state index in [1.54, 1.807) is 6.92 Å². The lowest BCUT2D eigenvalue weighted by Gasteiger charge is -2.15. The van der Waals surface area contributed by atoms with Gasteiger partial charge in [0.15, 0.2) is 11.2 Å². The van der Waals surface area contributed by atoms with Crippen molar-refractivity contribution in [2.75, 3.05) is 6.61 Å². The van der Waals surface area contributed by atoms with Crippen LogP contribution in [-0.4, -0.2) is 37.1 Å². The van der Waals surface area contributed by atoms with Crippen molar-refractivity contribution < 1.29 is 9.53 Å².